The summed E-state index contributed by atoms with van der Waals surface area (Å²) in [7, 11) is 2.06. The molecule has 0 aliphatic rings. The quantitative estimate of drug-likeness (QED) is 0.731. The number of rotatable bonds is 4. The molecule has 116 valence electrons. The Kier molecular flexibility index (Phi) is 4.29. The van der Waals surface area contributed by atoms with Gasteiger partial charge in [-0.3, -0.25) is 4.79 Å². The number of hydrogen-bond acceptors (Lipinski definition) is 1. The Hall–Kier alpha value is -2.81. The van der Waals surface area contributed by atoms with E-state index in [1.807, 2.05) is 36.4 Å². The Labute approximate surface area is 136 Å². The first-order valence-electron chi connectivity index (χ1n) is 7.69. The number of benzene rings is 2. The summed E-state index contributed by atoms with van der Waals surface area (Å²) in [5.74, 6) is -0.0850. The highest BCUT2D eigenvalue weighted by atomic mass is 16.1. The van der Waals surface area contributed by atoms with Gasteiger partial charge in [-0.15, -0.1) is 0 Å². The summed E-state index contributed by atoms with van der Waals surface area (Å²) >= 11 is 0. The first kappa shape index (κ1) is 15.1. The van der Waals surface area contributed by atoms with Crippen molar-refractivity contribution >= 4 is 22.9 Å². The molecule has 3 heteroatoms. The molecule has 3 aromatic rings. The van der Waals surface area contributed by atoms with Crippen molar-refractivity contribution in [1.82, 2.24) is 9.88 Å². The van der Waals surface area contributed by atoms with Crippen molar-refractivity contribution < 1.29 is 4.79 Å². The summed E-state index contributed by atoms with van der Waals surface area (Å²) < 4.78 is 2.17. The fourth-order valence-electron chi connectivity index (χ4n) is 2.63. The molecule has 0 spiro atoms. The predicted molar refractivity (Wildman–Crippen MR) is 95.0 cm³/mol. The van der Waals surface area contributed by atoms with E-state index >= 15 is 0 Å². The molecule has 0 unspecified atom stereocenters. The van der Waals surface area contributed by atoms with Gasteiger partial charge in [-0.05, 0) is 42.3 Å². The smallest absolute Gasteiger partial charge is 0.244 e. The minimum absolute atomic E-state index is 0.0850. The van der Waals surface area contributed by atoms with Gasteiger partial charge in [-0.2, -0.15) is 0 Å². The van der Waals surface area contributed by atoms with Gasteiger partial charge in [0.1, 0.15) is 0 Å². The number of nitrogens with one attached hydrogen (secondary N) is 1. The van der Waals surface area contributed by atoms with E-state index in [-0.39, 0.29) is 5.91 Å². The maximum absolute atomic E-state index is 11.9. The van der Waals surface area contributed by atoms with Crippen LogP contribution >= 0.6 is 0 Å². The predicted octanol–water partition coefficient (Wildman–Crippen LogP) is 3.82. The van der Waals surface area contributed by atoms with E-state index in [4.69, 9.17) is 0 Å². The van der Waals surface area contributed by atoms with Crippen LogP contribution in [0.2, 0.25) is 0 Å². The molecule has 2 aromatic carbocycles. The van der Waals surface area contributed by atoms with E-state index in [0.29, 0.717) is 6.54 Å². The zero-order valence-electron chi connectivity index (χ0n) is 13.4. The highest BCUT2D eigenvalue weighted by Gasteiger charge is 2.04. The number of fused-ring (bicyclic) bond motifs is 1. The van der Waals surface area contributed by atoms with Crippen LogP contribution in [0.1, 0.15) is 16.8 Å². The maximum Gasteiger partial charge on any atom is 0.244 e. The summed E-state index contributed by atoms with van der Waals surface area (Å²) in [5, 5.41) is 4.13. The Morgan fingerprint density at radius 2 is 1.91 bits per heavy atom. The number of aromatic nitrogens is 1. The van der Waals surface area contributed by atoms with Gasteiger partial charge in [-0.25, -0.2) is 0 Å². The van der Waals surface area contributed by atoms with Crippen LogP contribution in [0.5, 0.6) is 0 Å². The number of hydrogen-bond donors (Lipinski definition) is 1. The van der Waals surface area contributed by atoms with Crippen LogP contribution in [0.15, 0.2) is 60.7 Å². The number of aryl methyl sites for hydroxylation is 2. The molecular formula is C20H20N2O. The summed E-state index contributed by atoms with van der Waals surface area (Å²) in [6, 6.07) is 18.2. The first-order valence-corrected chi connectivity index (χ1v) is 7.69. The van der Waals surface area contributed by atoms with Gasteiger partial charge < -0.3 is 9.88 Å². The van der Waals surface area contributed by atoms with Gasteiger partial charge in [0, 0.05) is 36.3 Å². The standard InChI is InChI=1S/C20H20N2O/c1-15-12-18-13-17(8-10-19(18)22(15)2)14-21-20(23)11-9-16-6-4-3-5-7-16/h3-13H,14H2,1-2H3,(H,21,23)/b11-9-. The van der Waals surface area contributed by atoms with Crippen LogP contribution in [-0.4, -0.2) is 10.5 Å². The van der Waals surface area contributed by atoms with Crippen LogP contribution in [-0.2, 0) is 18.4 Å². The van der Waals surface area contributed by atoms with Gasteiger partial charge >= 0.3 is 0 Å². The van der Waals surface area contributed by atoms with E-state index in [2.05, 4.69) is 48.1 Å². The number of nitrogens with zero attached hydrogens (tertiary/aromatic N) is 1. The topological polar surface area (TPSA) is 34.0 Å². The third-order valence-electron chi connectivity index (χ3n) is 4.04. The maximum atomic E-state index is 11.9. The largest absolute Gasteiger partial charge is 0.348 e. The molecule has 1 N–H and O–H groups in total. The molecule has 3 rings (SSSR count). The van der Waals surface area contributed by atoms with Crippen LogP contribution in [0, 0.1) is 6.92 Å². The fourth-order valence-corrected chi connectivity index (χ4v) is 2.63. The Morgan fingerprint density at radius 1 is 1.13 bits per heavy atom. The van der Waals surface area contributed by atoms with Gasteiger partial charge in [0.25, 0.3) is 0 Å². The van der Waals surface area contributed by atoms with Crippen molar-refractivity contribution in [3.63, 3.8) is 0 Å². The summed E-state index contributed by atoms with van der Waals surface area (Å²) in [4.78, 5) is 11.9. The van der Waals surface area contributed by atoms with E-state index < -0.39 is 0 Å². The molecule has 0 saturated carbocycles. The third-order valence-corrected chi connectivity index (χ3v) is 4.04. The molecule has 3 nitrogen and oxygen atoms in total. The van der Waals surface area contributed by atoms with Crippen molar-refractivity contribution in [2.45, 2.75) is 13.5 Å². The lowest BCUT2D eigenvalue weighted by Gasteiger charge is -2.04. The molecule has 0 saturated heterocycles. The molecule has 1 amide bonds. The molecule has 1 aromatic heterocycles. The van der Waals surface area contributed by atoms with E-state index in [1.165, 1.54) is 16.6 Å². The SMILES string of the molecule is Cc1cc2cc(CNC(=O)/C=C\c3ccccc3)ccc2n1C. The highest BCUT2D eigenvalue weighted by molar-refractivity contribution is 5.91. The zero-order valence-corrected chi connectivity index (χ0v) is 13.4. The molecule has 23 heavy (non-hydrogen) atoms. The molecule has 0 atom stereocenters. The lowest BCUT2D eigenvalue weighted by molar-refractivity contribution is -0.116. The van der Waals surface area contributed by atoms with Crippen LogP contribution in [0.25, 0.3) is 17.0 Å². The second kappa shape index (κ2) is 6.53. The van der Waals surface area contributed by atoms with Crippen molar-refractivity contribution in [3.8, 4) is 0 Å². The molecule has 0 bridgehead atoms. The average Bonchev–Trinajstić information content (AvgIpc) is 2.86. The third kappa shape index (κ3) is 3.51. The molecule has 1 heterocycles. The van der Waals surface area contributed by atoms with Gasteiger partial charge in [0.15, 0.2) is 0 Å². The van der Waals surface area contributed by atoms with Crippen LogP contribution < -0.4 is 5.32 Å². The van der Waals surface area contributed by atoms with Gasteiger partial charge in [0.05, 0.1) is 0 Å². The zero-order chi connectivity index (χ0) is 16.2. The number of carbonyl (C=O) groups is 1. The van der Waals surface area contributed by atoms with Crippen LogP contribution in [0.4, 0.5) is 0 Å². The molecular weight excluding hydrogens is 284 g/mol. The second-order valence-electron chi connectivity index (χ2n) is 5.70. The Bertz CT molecular complexity index is 860. The summed E-state index contributed by atoms with van der Waals surface area (Å²) in [5.41, 5.74) is 4.56. The van der Waals surface area contributed by atoms with Gasteiger partial charge in [-0.1, -0.05) is 36.4 Å². The average molecular weight is 304 g/mol. The lowest BCUT2D eigenvalue weighted by atomic mass is 10.1. The monoisotopic (exact) mass is 304 g/mol. The van der Waals surface area contributed by atoms with E-state index in [0.717, 1.165) is 11.1 Å². The molecule has 0 fully saturated rings. The second-order valence-corrected chi connectivity index (χ2v) is 5.70. The normalized spacial score (nSPS) is 11.2. The summed E-state index contributed by atoms with van der Waals surface area (Å²) in [6.07, 6.45) is 3.39. The Balaban J connectivity index is 1.64. The van der Waals surface area contributed by atoms with Crippen molar-refractivity contribution in [2.24, 2.45) is 7.05 Å². The highest BCUT2D eigenvalue weighted by Crippen LogP contribution is 2.19. The molecule has 0 aliphatic heterocycles. The van der Waals surface area contributed by atoms with Crippen molar-refractivity contribution in [3.05, 3.63) is 77.5 Å². The minimum atomic E-state index is -0.0850. The van der Waals surface area contributed by atoms with Crippen molar-refractivity contribution in [1.29, 1.82) is 0 Å². The fraction of sp³-hybridized carbons (Fsp3) is 0.150. The Morgan fingerprint density at radius 3 is 2.70 bits per heavy atom. The van der Waals surface area contributed by atoms with E-state index in [1.54, 1.807) is 6.08 Å². The first-order chi connectivity index (χ1) is 11.1. The lowest BCUT2D eigenvalue weighted by Crippen LogP contribution is -2.20. The van der Waals surface area contributed by atoms with Gasteiger partial charge in [0.2, 0.25) is 5.91 Å². The van der Waals surface area contributed by atoms with E-state index in [9.17, 15) is 4.79 Å². The van der Waals surface area contributed by atoms with Crippen molar-refractivity contribution in [2.75, 3.05) is 0 Å². The summed E-state index contributed by atoms with van der Waals surface area (Å²) in [6.45, 7) is 2.62. The molecule has 0 radical (unpaired) electrons. The number of amides is 1. The molecule has 0 aliphatic carbocycles. The minimum Gasteiger partial charge on any atom is -0.348 e. The van der Waals surface area contributed by atoms with Crippen LogP contribution in [0.3, 0.4) is 0 Å². The number of carbonyl (C=O) groups excluding carboxylic acids is 1.